The summed E-state index contributed by atoms with van der Waals surface area (Å²) < 4.78 is 24.3. The van der Waals surface area contributed by atoms with Crippen molar-refractivity contribution in [3.8, 4) is 0 Å². The van der Waals surface area contributed by atoms with Crippen molar-refractivity contribution < 1.29 is 23.5 Å². The Morgan fingerprint density at radius 3 is 1.33 bits per heavy atom. The van der Waals surface area contributed by atoms with Crippen molar-refractivity contribution in [2.24, 2.45) is 0 Å². The van der Waals surface area contributed by atoms with Crippen molar-refractivity contribution >= 4 is 8.80 Å². The minimum absolute atomic E-state index is 0. The Morgan fingerprint density at radius 2 is 1.05 bits per heavy atom. The van der Waals surface area contributed by atoms with Crippen LogP contribution in [-0.2, 0) is 18.0 Å². The highest BCUT2D eigenvalue weighted by Gasteiger charge is 2.49. The summed E-state index contributed by atoms with van der Waals surface area (Å²) in [5.74, 6) is 0. The summed E-state index contributed by atoms with van der Waals surface area (Å²) in [4.78, 5) is 0. The highest BCUT2D eigenvalue weighted by Crippen LogP contribution is 2.22. The third kappa shape index (κ3) is 8.90. The Bertz CT molecular complexity index is 194. The molecular formula is C15H36O5Si. The molecule has 130 valence electrons. The maximum absolute atomic E-state index is 6.10. The van der Waals surface area contributed by atoms with Crippen LogP contribution in [0.25, 0.3) is 0 Å². The van der Waals surface area contributed by atoms with Crippen molar-refractivity contribution in [3.63, 3.8) is 0 Å². The van der Waals surface area contributed by atoms with Crippen LogP contribution < -0.4 is 0 Å². The molecule has 0 fully saturated rings. The molecule has 5 nitrogen and oxygen atoms in total. The summed E-state index contributed by atoms with van der Waals surface area (Å²) in [5.41, 5.74) is -0.0490. The molecule has 0 spiro atoms. The van der Waals surface area contributed by atoms with Crippen molar-refractivity contribution in [1.82, 2.24) is 0 Å². The summed E-state index contributed by atoms with van der Waals surface area (Å²) in [7, 11) is -2.75. The van der Waals surface area contributed by atoms with E-state index in [2.05, 4.69) is 34.6 Å². The zero-order valence-electron chi connectivity index (χ0n) is 14.6. The van der Waals surface area contributed by atoms with Crippen LogP contribution in [0.1, 0.15) is 66.7 Å². The molecule has 1 unspecified atom stereocenters. The lowest BCUT2D eigenvalue weighted by Crippen LogP contribution is -2.58. The molecule has 0 rings (SSSR count). The van der Waals surface area contributed by atoms with Gasteiger partial charge >= 0.3 is 8.80 Å². The SMILES string of the molecule is CCCOC(CC)[Si](OCCC)(OCCC)OCCC.O. The number of ether oxygens (including phenoxy) is 1. The highest BCUT2D eigenvalue weighted by molar-refractivity contribution is 6.62. The molecule has 6 heteroatoms. The van der Waals surface area contributed by atoms with Gasteiger partial charge in [0.25, 0.3) is 0 Å². The first kappa shape index (κ1) is 23.3. The van der Waals surface area contributed by atoms with Crippen LogP contribution in [-0.4, -0.2) is 46.4 Å². The minimum atomic E-state index is -2.75. The molecule has 0 aliphatic carbocycles. The smallest absolute Gasteiger partial charge is 0.412 e. The third-order valence-corrected chi connectivity index (χ3v) is 5.99. The number of rotatable bonds is 14. The van der Waals surface area contributed by atoms with E-state index < -0.39 is 8.80 Å². The lowest BCUT2D eigenvalue weighted by atomic mass is 10.5. The second-order valence-corrected chi connectivity index (χ2v) is 7.63. The summed E-state index contributed by atoms with van der Waals surface area (Å²) in [6, 6.07) is 0. The molecule has 0 saturated carbocycles. The summed E-state index contributed by atoms with van der Waals surface area (Å²) in [6.45, 7) is 13.3. The molecule has 0 aromatic carbocycles. The minimum Gasteiger partial charge on any atom is -0.412 e. The van der Waals surface area contributed by atoms with Gasteiger partial charge in [-0.15, -0.1) is 0 Å². The first-order chi connectivity index (χ1) is 9.70. The Balaban J connectivity index is 0. The summed E-state index contributed by atoms with van der Waals surface area (Å²) >= 11 is 0. The van der Waals surface area contributed by atoms with E-state index in [1.54, 1.807) is 0 Å². The van der Waals surface area contributed by atoms with Gasteiger partial charge in [-0.1, -0.05) is 34.6 Å². The van der Waals surface area contributed by atoms with Crippen LogP contribution in [0.2, 0.25) is 0 Å². The van der Waals surface area contributed by atoms with Crippen LogP contribution in [0.3, 0.4) is 0 Å². The predicted molar refractivity (Wildman–Crippen MR) is 88.4 cm³/mol. The topological polar surface area (TPSA) is 68.4 Å². The van der Waals surface area contributed by atoms with Gasteiger partial charge in [0, 0.05) is 26.4 Å². The Kier molecular flexibility index (Phi) is 16.6. The standard InChI is InChI=1S/C15H34O4Si.H2O/c1-6-11-16-15(10-5)20(17-12-7-2,18-13-8-3)19-14-9-4;/h15H,6-14H2,1-5H3;1H2. The molecule has 0 radical (unpaired) electrons. The molecule has 0 aliphatic rings. The van der Waals surface area contributed by atoms with Gasteiger partial charge in [0.05, 0.1) is 0 Å². The van der Waals surface area contributed by atoms with Gasteiger partial charge in [-0.2, -0.15) is 0 Å². The molecular weight excluding hydrogens is 288 g/mol. The van der Waals surface area contributed by atoms with Gasteiger partial charge in [0.2, 0.25) is 0 Å². The molecule has 0 heterocycles. The number of hydrogen-bond donors (Lipinski definition) is 0. The lowest BCUT2D eigenvalue weighted by Gasteiger charge is -2.35. The first-order valence-corrected chi connectivity index (χ1v) is 10.0. The van der Waals surface area contributed by atoms with Crippen LogP contribution in [0.5, 0.6) is 0 Å². The molecule has 2 N–H and O–H groups in total. The molecule has 0 aromatic heterocycles. The van der Waals surface area contributed by atoms with E-state index >= 15 is 0 Å². The fourth-order valence-corrected chi connectivity index (χ4v) is 4.96. The van der Waals surface area contributed by atoms with Crippen molar-refractivity contribution in [2.75, 3.05) is 26.4 Å². The monoisotopic (exact) mass is 324 g/mol. The molecule has 0 aliphatic heterocycles. The molecule has 1 atom stereocenters. The van der Waals surface area contributed by atoms with E-state index in [9.17, 15) is 0 Å². The van der Waals surface area contributed by atoms with Gasteiger partial charge in [0.1, 0.15) is 5.73 Å². The van der Waals surface area contributed by atoms with Crippen LogP contribution >= 0.6 is 0 Å². The fourth-order valence-electron chi connectivity index (χ4n) is 1.87. The molecule has 21 heavy (non-hydrogen) atoms. The van der Waals surface area contributed by atoms with E-state index in [1.165, 1.54) is 0 Å². The summed E-state index contributed by atoms with van der Waals surface area (Å²) in [6.07, 6.45) is 4.75. The Labute approximate surface area is 132 Å². The van der Waals surface area contributed by atoms with Crippen molar-refractivity contribution in [3.05, 3.63) is 0 Å². The van der Waals surface area contributed by atoms with E-state index in [0.29, 0.717) is 19.8 Å². The Hall–Kier alpha value is 0.0169. The first-order valence-electron chi connectivity index (χ1n) is 8.24. The van der Waals surface area contributed by atoms with E-state index in [4.69, 9.17) is 18.0 Å². The predicted octanol–water partition coefficient (Wildman–Crippen LogP) is 3.12. The second-order valence-electron chi connectivity index (χ2n) is 4.92. The maximum Gasteiger partial charge on any atom is 0.531 e. The summed E-state index contributed by atoms with van der Waals surface area (Å²) in [5, 5.41) is 0. The third-order valence-electron chi connectivity index (χ3n) is 2.81. The molecule has 0 aromatic rings. The van der Waals surface area contributed by atoms with Gasteiger partial charge < -0.3 is 23.5 Å². The average molecular weight is 325 g/mol. The van der Waals surface area contributed by atoms with Gasteiger partial charge in [-0.25, -0.2) is 0 Å². The lowest BCUT2D eigenvalue weighted by molar-refractivity contribution is -0.0167. The van der Waals surface area contributed by atoms with Gasteiger partial charge in [-0.3, -0.25) is 0 Å². The molecule has 0 amide bonds. The van der Waals surface area contributed by atoms with Gasteiger partial charge in [0.15, 0.2) is 0 Å². The normalized spacial score (nSPS) is 13.0. The largest absolute Gasteiger partial charge is 0.531 e. The highest BCUT2D eigenvalue weighted by atomic mass is 28.4. The van der Waals surface area contributed by atoms with Crippen molar-refractivity contribution in [2.45, 2.75) is 72.5 Å². The van der Waals surface area contributed by atoms with E-state index in [-0.39, 0.29) is 11.2 Å². The Morgan fingerprint density at radius 1 is 0.667 bits per heavy atom. The zero-order valence-corrected chi connectivity index (χ0v) is 15.6. The molecule has 0 saturated heterocycles. The van der Waals surface area contributed by atoms with Crippen molar-refractivity contribution in [1.29, 1.82) is 0 Å². The molecule has 0 bridgehead atoms. The van der Waals surface area contributed by atoms with Crippen LogP contribution in [0.4, 0.5) is 0 Å². The average Bonchev–Trinajstić information content (AvgIpc) is 2.48. The van der Waals surface area contributed by atoms with Crippen LogP contribution in [0, 0.1) is 0 Å². The second kappa shape index (κ2) is 14.9. The van der Waals surface area contributed by atoms with E-state index in [1.807, 2.05) is 0 Å². The van der Waals surface area contributed by atoms with E-state index in [0.717, 1.165) is 38.7 Å². The number of hydrogen-bond acceptors (Lipinski definition) is 4. The fraction of sp³-hybridized carbons (Fsp3) is 1.00. The quantitative estimate of drug-likeness (QED) is 0.460. The zero-order chi connectivity index (χ0) is 15.3. The maximum atomic E-state index is 6.10. The van der Waals surface area contributed by atoms with Gasteiger partial charge in [-0.05, 0) is 32.1 Å². The van der Waals surface area contributed by atoms with Crippen LogP contribution in [0.15, 0.2) is 0 Å².